The number of nitrogens with zero attached hydrogens (tertiary/aromatic N) is 4. The number of pyridine rings is 2. The van der Waals surface area contributed by atoms with Crippen molar-refractivity contribution in [3.05, 3.63) is 42.0 Å². The number of halogens is 1. The average molecular weight is 509 g/mol. The van der Waals surface area contributed by atoms with Crippen LogP contribution in [0.3, 0.4) is 0 Å². The van der Waals surface area contributed by atoms with E-state index in [-0.39, 0.29) is 19.2 Å². The molecule has 0 atom stereocenters. The first-order valence-corrected chi connectivity index (χ1v) is 12.2. The van der Waals surface area contributed by atoms with Crippen molar-refractivity contribution in [1.29, 1.82) is 0 Å². The molecule has 1 aromatic carbocycles. The lowest BCUT2D eigenvalue weighted by molar-refractivity contribution is 0.0566. The van der Waals surface area contributed by atoms with Gasteiger partial charge in [0.1, 0.15) is 29.5 Å². The van der Waals surface area contributed by atoms with E-state index in [0.29, 0.717) is 44.8 Å². The lowest BCUT2D eigenvalue weighted by Crippen LogP contribution is -2.42. The van der Waals surface area contributed by atoms with Crippen molar-refractivity contribution < 1.29 is 28.2 Å². The Balaban J connectivity index is 1.58. The van der Waals surface area contributed by atoms with Crippen LogP contribution in [0.2, 0.25) is 0 Å². The molecule has 0 radical (unpaired) electrons. The number of methoxy groups -OCH3 is 1. The first-order chi connectivity index (χ1) is 17.6. The Morgan fingerprint density at radius 1 is 1.11 bits per heavy atom. The molecule has 0 unspecified atom stereocenters. The Morgan fingerprint density at radius 2 is 1.86 bits per heavy atom. The molecule has 1 fully saturated rings. The lowest BCUT2D eigenvalue weighted by Gasteiger charge is -2.32. The molecule has 0 saturated heterocycles. The maximum Gasteiger partial charge on any atom is 0.415 e. The molecule has 1 aliphatic carbocycles. The highest BCUT2D eigenvalue weighted by Gasteiger charge is 2.36. The molecule has 194 valence electrons. The average Bonchev–Trinajstić information content (AvgIpc) is 3.68. The predicted molar refractivity (Wildman–Crippen MR) is 137 cm³/mol. The highest BCUT2D eigenvalue weighted by molar-refractivity contribution is 5.96. The zero-order valence-electron chi connectivity index (χ0n) is 21.5. The van der Waals surface area contributed by atoms with E-state index in [0.717, 1.165) is 12.8 Å². The molecule has 1 saturated carbocycles. The van der Waals surface area contributed by atoms with E-state index < -0.39 is 23.6 Å². The van der Waals surface area contributed by atoms with Crippen molar-refractivity contribution in [2.75, 3.05) is 30.1 Å². The van der Waals surface area contributed by atoms with E-state index >= 15 is 4.39 Å². The maximum absolute atomic E-state index is 15.4. The fraction of sp³-hybridized carbons (Fsp3) is 0.407. The van der Waals surface area contributed by atoms with Gasteiger partial charge in [-0.2, -0.15) is 0 Å². The fourth-order valence-electron chi connectivity index (χ4n) is 4.46. The summed E-state index contributed by atoms with van der Waals surface area (Å²) in [6.07, 6.45) is 3.85. The Kier molecular flexibility index (Phi) is 6.13. The standard InChI is InChI=1S/C27H29FN4O5/c1-15-20(14-30-24-23(15)31(8-9-36-24)25(33)37-27(2,3)4)19-10-16-12-22(29-13-17(16)11-21(19)28)32(18-6-7-18)26(34)35-5/h10-14,18H,6-9H2,1-5H3. The molecule has 3 aromatic rings. The Bertz CT molecular complexity index is 1400. The molecule has 10 heteroatoms. The topological polar surface area (TPSA) is 94.1 Å². The normalized spacial score (nSPS) is 15.1. The number of anilines is 2. The second kappa shape index (κ2) is 9.17. The summed E-state index contributed by atoms with van der Waals surface area (Å²) in [5.74, 6) is 0.285. The summed E-state index contributed by atoms with van der Waals surface area (Å²) in [6, 6.07) is 4.91. The highest BCUT2D eigenvalue weighted by atomic mass is 19.1. The number of carbonyl (C=O) groups excluding carboxylic acids is 2. The summed E-state index contributed by atoms with van der Waals surface area (Å²) < 4.78 is 31.6. The lowest BCUT2D eigenvalue weighted by atomic mass is 9.97. The van der Waals surface area contributed by atoms with Gasteiger partial charge in [-0.3, -0.25) is 9.80 Å². The number of fused-ring (bicyclic) bond motifs is 2. The molecule has 1 aliphatic heterocycles. The quantitative estimate of drug-likeness (QED) is 0.454. The van der Waals surface area contributed by atoms with Gasteiger partial charge in [0.15, 0.2) is 0 Å². The van der Waals surface area contributed by atoms with E-state index in [1.165, 1.54) is 23.0 Å². The van der Waals surface area contributed by atoms with Crippen LogP contribution in [0.5, 0.6) is 5.88 Å². The smallest absolute Gasteiger partial charge is 0.415 e. The SMILES string of the molecule is COC(=O)N(c1cc2cc(-c3cnc4c(c3C)N(C(=O)OC(C)(C)C)CCO4)c(F)cc2cn1)C1CC1. The van der Waals surface area contributed by atoms with Gasteiger partial charge < -0.3 is 14.2 Å². The number of carbonyl (C=O) groups is 2. The number of hydrogen-bond donors (Lipinski definition) is 0. The number of hydrogen-bond acceptors (Lipinski definition) is 7. The molecule has 2 amide bonds. The number of aromatic nitrogens is 2. The van der Waals surface area contributed by atoms with Crippen LogP contribution in [0.25, 0.3) is 21.9 Å². The van der Waals surface area contributed by atoms with Crippen LogP contribution in [0.4, 0.5) is 25.5 Å². The fourth-order valence-corrected chi connectivity index (χ4v) is 4.46. The van der Waals surface area contributed by atoms with E-state index in [9.17, 15) is 9.59 Å². The Hall–Kier alpha value is -3.95. The van der Waals surface area contributed by atoms with Crippen molar-refractivity contribution in [3.8, 4) is 17.0 Å². The summed E-state index contributed by atoms with van der Waals surface area (Å²) in [5, 5.41) is 1.29. The van der Waals surface area contributed by atoms with Crippen molar-refractivity contribution in [2.45, 2.75) is 52.2 Å². The number of benzene rings is 1. The van der Waals surface area contributed by atoms with Crippen LogP contribution in [0.15, 0.2) is 30.6 Å². The van der Waals surface area contributed by atoms with Crippen molar-refractivity contribution in [1.82, 2.24) is 9.97 Å². The molecule has 2 aromatic heterocycles. The van der Waals surface area contributed by atoms with Crippen LogP contribution in [0, 0.1) is 12.7 Å². The van der Waals surface area contributed by atoms with Crippen LogP contribution in [0.1, 0.15) is 39.2 Å². The summed E-state index contributed by atoms with van der Waals surface area (Å²) in [4.78, 5) is 37.1. The second-order valence-electron chi connectivity index (χ2n) is 10.2. The van der Waals surface area contributed by atoms with Gasteiger partial charge in [-0.25, -0.2) is 23.9 Å². The molecular formula is C27H29FN4O5. The van der Waals surface area contributed by atoms with Gasteiger partial charge in [-0.05, 0) is 69.7 Å². The molecule has 3 heterocycles. The van der Waals surface area contributed by atoms with Crippen molar-refractivity contribution in [2.24, 2.45) is 0 Å². The number of rotatable bonds is 3. The third kappa shape index (κ3) is 4.75. The van der Waals surface area contributed by atoms with Crippen LogP contribution in [-0.4, -0.2) is 54.1 Å². The van der Waals surface area contributed by atoms with Gasteiger partial charge >= 0.3 is 12.2 Å². The predicted octanol–water partition coefficient (Wildman–Crippen LogP) is 5.61. The van der Waals surface area contributed by atoms with Gasteiger partial charge in [0.05, 0.1) is 13.7 Å². The van der Waals surface area contributed by atoms with Gasteiger partial charge in [-0.1, -0.05) is 0 Å². The number of amides is 2. The maximum atomic E-state index is 15.4. The van der Waals surface area contributed by atoms with E-state index in [1.807, 2.05) is 0 Å². The van der Waals surface area contributed by atoms with Gasteiger partial charge in [0.25, 0.3) is 0 Å². The van der Waals surface area contributed by atoms with Gasteiger partial charge in [0.2, 0.25) is 5.88 Å². The molecule has 0 spiro atoms. The van der Waals surface area contributed by atoms with Crippen molar-refractivity contribution >= 4 is 34.5 Å². The minimum Gasteiger partial charge on any atom is -0.474 e. The summed E-state index contributed by atoms with van der Waals surface area (Å²) in [7, 11) is 1.34. The molecule has 2 aliphatic rings. The minimum atomic E-state index is -0.677. The summed E-state index contributed by atoms with van der Waals surface area (Å²) in [6.45, 7) is 7.75. The van der Waals surface area contributed by atoms with Crippen LogP contribution >= 0.6 is 0 Å². The third-order valence-electron chi connectivity index (χ3n) is 6.32. The third-order valence-corrected chi connectivity index (χ3v) is 6.32. The molecule has 37 heavy (non-hydrogen) atoms. The first-order valence-electron chi connectivity index (χ1n) is 12.2. The van der Waals surface area contributed by atoms with Crippen molar-refractivity contribution in [3.63, 3.8) is 0 Å². The minimum absolute atomic E-state index is 0.0447. The van der Waals surface area contributed by atoms with E-state index in [4.69, 9.17) is 14.2 Å². The molecular weight excluding hydrogens is 479 g/mol. The number of ether oxygens (including phenoxy) is 3. The highest BCUT2D eigenvalue weighted by Crippen LogP contribution is 2.41. The Morgan fingerprint density at radius 3 is 2.54 bits per heavy atom. The summed E-state index contributed by atoms with van der Waals surface area (Å²) >= 11 is 0. The molecule has 5 rings (SSSR count). The van der Waals surface area contributed by atoms with Crippen LogP contribution in [-0.2, 0) is 9.47 Å². The second-order valence-corrected chi connectivity index (χ2v) is 10.2. The van der Waals surface area contributed by atoms with Crippen LogP contribution < -0.4 is 14.5 Å². The monoisotopic (exact) mass is 508 g/mol. The van der Waals surface area contributed by atoms with Gasteiger partial charge in [0, 0.05) is 34.9 Å². The molecule has 0 N–H and O–H groups in total. The molecule has 9 nitrogen and oxygen atoms in total. The Labute approximate surface area is 214 Å². The molecule has 0 bridgehead atoms. The zero-order chi connectivity index (χ0) is 26.5. The summed E-state index contributed by atoms with van der Waals surface area (Å²) in [5.41, 5.74) is 1.24. The van der Waals surface area contributed by atoms with E-state index in [2.05, 4.69) is 9.97 Å². The van der Waals surface area contributed by atoms with E-state index in [1.54, 1.807) is 52.2 Å². The zero-order valence-corrected chi connectivity index (χ0v) is 21.5. The van der Waals surface area contributed by atoms with Gasteiger partial charge in [-0.15, -0.1) is 0 Å². The first kappa shape index (κ1) is 24.7. The largest absolute Gasteiger partial charge is 0.474 e.